The number of halogens is 2. The quantitative estimate of drug-likeness (QED) is 0.734. The number of carbonyl (C=O) groups is 1. The van der Waals surface area contributed by atoms with E-state index in [0.717, 1.165) is 25.7 Å². The van der Waals surface area contributed by atoms with Crippen molar-refractivity contribution in [2.45, 2.75) is 37.1 Å². The van der Waals surface area contributed by atoms with Gasteiger partial charge in [-0.1, -0.05) is 42.0 Å². The molecular weight excluding hydrogens is 369 g/mol. The Labute approximate surface area is 161 Å². The molecule has 2 saturated carbocycles. The van der Waals surface area contributed by atoms with Crippen LogP contribution in [0.5, 0.6) is 0 Å². The maximum atomic E-state index is 13.8. The number of carbonyl (C=O) groups excluding carboxylic acids is 1. The van der Waals surface area contributed by atoms with Crippen LogP contribution in [0.25, 0.3) is 6.08 Å². The van der Waals surface area contributed by atoms with Crippen molar-refractivity contribution in [2.24, 2.45) is 0 Å². The molecule has 0 aliphatic heterocycles. The summed E-state index contributed by atoms with van der Waals surface area (Å²) in [7, 11) is 1.30. The van der Waals surface area contributed by atoms with E-state index in [1.165, 1.54) is 13.2 Å². The van der Waals surface area contributed by atoms with Crippen LogP contribution in [0.3, 0.4) is 0 Å². The molecule has 7 heteroatoms. The molecule has 1 N–H and O–H groups in total. The third kappa shape index (κ3) is 3.81. The lowest BCUT2D eigenvalue weighted by Crippen LogP contribution is -2.21. The van der Waals surface area contributed by atoms with Crippen LogP contribution < -0.4 is 5.32 Å². The Bertz CT molecular complexity index is 923. The standard InChI is InChI=1S/C20H19ClFN3O2/c1-27-19(26)16-15(21)18(24-17(23-16)13-6-7-13)25-20(10-11-20)9-8-12-4-2-3-5-14(12)22/h2-5,8-9,13H,6-7,10-11H2,1H3,(H,23,24,25)/b9-8+. The summed E-state index contributed by atoms with van der Waals surface area (Å²) < 4.78 is 18.6. The first kappa shape index (κ1) is 17.9. The molecule has 0 saturated heterocycles. The summed E-state index contributed by atoms with van der Waals surface area (Å²) in [5.41, 5.74) is 0.245. The lowest BCUT2D eigenvalue weighted by Gasteiger charge is -2.17. The molecule has 0 unspecified atom stereocenters. The molecule has 27 heavy (non-hydrogen) atoms. The molecule has 2 aliphatic carbocycles. The van der Waals surface area contributed by atoms with Gasteiger partial charge in [0.2, 0.25) is 0 Å². The highest BCUT2D eigenvalue weighted by Gasteiger charge is 2.42. The summed E-state index contributed by atoms with van der Waals surface area (Å²) in [5, 5.41) is 3.48. The van der Waals surface area contributed by atoms with Gasteiger partial charge in [0.1, 0.15) is 22.5 Å². The number of aromatic nitrogens is 2. The molecule has 0 spiro atoms. The van der Waals surface area contributed by atoms with Gasteiger partial charge in [-0.05, 0) is 31.7 Å². The first-order valence-corrected chi connectivity index (χ1v) is 9.27. The van der Waals surface area contributed by atoms with Gasteiger partial charge in [-0.15, -0.1) is 0 Å². The van der Waals surface area contributed by atoms with Crippen LogP contribution in [0.4, 0.5) is 10.2 Å². The Morgan fingerprint density at radius 2 is 2.07 bits per heavy atom. The molecule has 2 aliphatic rings. The molecule has 0 amide bonds. The Kier molecular flexibility index (Phi) is 4.60. The van der Waals surface area contributed by atoms with E-state index in [0.29, 0.717) is 17.2 Å². The zero-order valence-electron chi connectivity index (χ0n) is 14.8. The van der Waals surface area contributed by atoms with E-state index in [-0.39, 0.29) is 28.0 Å². The van der Waals surface area contributed by atoms with Crippen LogP contribution >= 0.6 is 11.6 Å². The van der Waals surface area contributed by atoms with Gasteiger partial charge >= 0.3 is 5.97 Å². The number of anilines is 1. The molecule has 5 nitrogen and oxygen atoms in total. The van der Waals surface area contributed by atoms with E-state index >= 15 is 0 Å². The van der Waals surface area contributed by atoms with Crippen molar-refractivity contribution in [3.05, 3.63) is 58.3 Å². The second-order valence-corrected chi connectivity index (χ2v) is 7.37. The van der Waals surface area contributed by atoms with E-state index in [9.17, 15) is 9.18 Å². The lowest BCUT2D eigenvalue weighted by molar-refractivity contribution is 0.0593. The summed E-state index contributed by atoms with van der Waals surface area (Å²) in [5.74, 6) is 0.434. The van der Waals surface area contributed by atoms with E-state index in [1.54, 1.807) is 24.3 Å². The van der Waals surface area contributed by atoms with Crippen molar-refractivity contribution in [3.63, 3.8) is 0 Å². The maximum absolute atomic E-state index is 13.8. The molecule has 0 bridgehead atoms. The molecule has 4 rings (SSSR count). The topological polar surface area (TPSA) is 64.1 Å². The molecule has 2 fully saturated rings. The van der Waals surface area contributed by atoms with E-state index in [2.05, 4.69) is 15.3 Å². The summed E-state index contributed by atoms with van der Waals surface area (Å²) in [6.07, 6.45) is 7.42. The number of hydrogen-bond donors (Lipinski definition) is 1. The second kappa shape index (κ2) is 6.93. The number of esters is 1. The number of nitrogens with one attached hydrogen (secondary N) is 1. The number of hydrogen-bond acceptors (Lipinski definition) is 5. The maximum Gasteiger partial charge on any atom is 0.358 e. The molecular formula is C20H19ClFN3O2. The minimum Gasteiger partial charge on any atom is -0.464 e. The minimum atomic E-state index is -0.584. The fourth-order valence-electron chi connectivity index (χ4n) is 2.87. The Hall–Kier alpha value is -2.47. The van der Waals surface area contributed by atoms with Gasteiger partial charge in [-0.3, -0.25) is 0 Å². The smallest absolute Gasteiger partial charge is 0.358 e. The summed E-state index contributed by atoms with van der Waals surface area (Å²) in [6, 6.07) is 6.60. The van der Waals surface area contributed by atoms with E-state index in [1.807, 2.05) is 6.08 Å². The van der Waals surface area contributed by atoms with Crippen LogP contribution in [-0.2, 0) is 4.74 Å². The van der Waals surface area contributed by atoms with Gasteiger partial charge in [0.05, 0.1) is 12.6 Å². The van der Waals surface area contributed by atoms with Crippen LogP contribution in [0, 0.1) is 5.82 Å². The van der Waals surface area contributed by atoms with Crippen LogP contribution in [0.2, 0.25) is 5.02 Å². The highest BCUT2D eigenvalue weighted by atomic mass is 35.5. The average molecular weight is 388 g/mol. The molecule has 2 aromatic rings. The molecule has 1 aromatic heterocycles. The predicted molar refractivity (Wildman–Crippen MR) is 101 cm³/mol. The molecule has 0 atom stereocenters. The van der Waals surface area contributed by atoms with Crippen LogP contribution in [-0.4, -0.2) is 28.6 Å². The Morgan fingerprint density at radius 1 is 1.33 bits per heavy atom. The van der Waals surface area contributed by atoms with Crippen molar-refractivity contribution < 1.29 is 13.9 Å². The minimum absolute atomic E-state index is 0.0763. The largest absolute Gasteiger partial charge is 0.464 e. The van der Waals surface area contributed by atoms with Crippen molar-refractivity contribution in [3.8, 4) is 0 Å². The lowest BCUT2D eigenvalue weighted by atomic mass is 10.1. The monoisotopic (exact) mass is 387 g/mol. The van der Waals surface area contributed by atoms with Gasteiger partial charge in [-0.2, -0.15) is 0 Å². The van der Waals surface area contributed by atoms with Crippen LogP contribution in [0.15, 0.2) is 30.3 Å². The van der Waals surface area contributed by atoms with Gasteiger partial charge < -0.3 is 10.1 Å². The van der Waals surface area contributed by atoms with Gasteiger partial charge in [-0.25, -0.2) is 19.2 Å². The fraction of sp³-hybridized carbons (Fsp3) is 0.350. The third-order valence-electron chi connectivity index (χ3n) is 4.83. The van der Waals surface area contributed by atoms with Crippen molar-refractivity contribution >= 4 is 29.5 Å². The first-order valence-electron chi connectivity index (χ1n) is 8.89. The van der Waals surface area contributed by atoms with Crippen molar-refractivity contribution in [1.82, 2.24) is 9.97 Å². The summed E-state index contributed by atoms with van der Waals surface area (Å²) in [4.78, 5) is 20.9. The van der Waals surface area contributed by atoms with Crippen molar-refractivity contribution in [2.75, 3.05) is 12.4 Å². The zero-order valence-corrected chi connectivity index (χ0v) is 15.6. The number of nitrogens with zero attached hydrogens (tertiary/aromatic N) is 2. The summed E-state index contributed by atoms with van der Waals surface area (Å²) >= 11 is 6.38. The van der Waals surface area contributed by atoms with Gasteiger partial charge in [0.25, 0.3) is 0 Å². The fourth-order valence-corrected chi connectivity index (χ4v) is 3.08. The first-order chi connectivity index (χ1) is 13.0. The number of rotatable bonds is 6. The zero-order chi connectivity index (χ0) is 19.0. The number of benzene rings is 1. The highest BCUT2D eigenvalue weighted by molar-refractivity contribution is 6.35. The number of ether oxygens (including phenoxy) is 1. The molecule has 1 heterocycles. The Balaban J connectivity index is 1.62. The van der Waals surface area contributed by atoms with Crippen LogP contribution in [0.1, 0.15) is 53.5 Å². The third-order valence-corrected chi connectivity index (χ3v) is 5.19. The number of methoxy groups -OCH3 is 1. The highest BCUT2D eigenvalue weighted by Crippen LogP contribution is 2.44. The Morgan fingerprint density at radius 3 is 2.70 bits per heavy atom. The normalized spacial score (nSPS) is 17.7. The van der Waals surface area contributed by atoms with E-state index < -0.39 is 5.97 Å². The predicted octanol–water partition coefficient (Wildman–Crippen LogP) is 4.59. The van der Waals surface area contributed by atoms with Crippen molar-refractivity contribution in [1.29, 1.82) is 0 Å². The van der Waals surface area contributed by atoms with E-state index in [4.69, 9.17) is 16.3 Å². The van der Waals surface area contributed by atoms with Gasteiger partial charge in [0, 0.05) is 11.5 Å². The molecule has 1 aromatic carbocycles. The molecule has 0 radical (unpaired) electrons. The second-order valence-electron chi connectivity index (χ2n) is 6.99. The van der Waals surface area contributed by atoms with Gasteiger partial charge in [0.15, 0.2) is 5.69 Å². The SMILES string of the molecule is COC(=O)c1nc(C2CC2)nc(NC2(/C=C/c3ccccc3F)CC2)c1Cl. The average Bonchev–Trinajstić information content (AvgIpc) is 3.58. The summed E-state index contributed by atoms with van der Waals surface area (Å²) in [6.45, 7) is 0. The molecule has 140 valence electrons.